The van der Waals surface area contributed by atoms with Crippen molar-refractivity contribution in [2.24, 2.45) is 0 Å². The monoisotopic (exact) mass is 423 g/mol. The van der Waals surface area contributed by atoms with Gasteiger partial charge in [0.2, 0.25) is 5.91 Å². The van der Waals surface area contributed by atoms with E-state index in [1.165, 1.54) is 39.2 Å². The molecule has 0 aromatic heterocycles. The highest BCUT2D eigenvalue weighted by molar-refractivity contribution is 7.86. The van der Waals surface area contributed by atoms with Crippen molar-refractivity contribution in [3.8, 4) is 0 Å². The van der Waals surface area contributed by atoms with Crippen LogP contribution in [0.5, 0.6) is 0 Å². The number of rotatable bonds is 8. The Hall–Kier alpha value is -2.82. The second kappa shape index (κ2) is 9.12. The van der Waals surface area contributed by atoms with Crippen LogP contribution >= 0.6 is 0 Å². The molecule has 1 amide bonds. The Morgan fingerprint density at radius 3 is 2.31 bits per heavy atom. The molecular formula is C19H21NO8S. The molecule has 2 rings (SSSR count). The van der Waals surface area contributed by atoms with Crippen molar-refractivity contribution < 1.29 is 36.8 Å². The molecule has 29 heavy (non-hydrogen) atoms. The molecule has 0 saturated carbocycles. The summed E-state index contributed by atoms with van der Waals surface area (Å²) >= 11 is 0. The van der Waals surface area contributed by atoms with E-state index in [1.54, 1.807) is 18.2 Å². The fourth-order valence-corrected chi connectivity index (χ4v) is 3.33. The first-order valence-electron chi connectivity index (χ1n) is 8.57. The molecule has 0 heterocycles. The topological polar surface area (TPSA) is 136 Å². The molecule has 0 fully saturated rings. The molecule has 0 aliphatic heterocycles. The lowest BCUT2D eigenvalue weighted by atomic mass is 10.1. The number of hydrogen-bond donors (Lipinski definition) is 2. The number of Topliss-reactive ketones (excluding diaryl/α,β-unsaturated/α-hetero) is 1. The predicted octanol–water partition coefficient (Wildman–Crippen LogP) is 1.95. The molecule has 2 aromatic rings. The molecule has 9 nitrogen and oxygen atoms in total. The second-order valence-corrected chi connectivity index (χ2v) is 7.69. The number of ketones is 1. The van der Waals surface area contributed by atoms with Crippen molar-refractivity contribution in [3.63, 3.8) is 0 Å². The molecule has 0 spiro atoms. The second-order valence-electron chi connectivity index (χ2n) is 6.30. The minimum Gasteiger partial charge on any atom is -0.452 e. The summed E-state index contributed by atoms with van der Waals surface area (Å²) in [6.07, 6.45) is -2.70. The lowest BCUT2D eigenvalue weighted by Crippen LogP contribution is -2.34. The summed E-state index contributed by atoms with van der Waals surface area (Å²) in [6, 6.07) is 8.95. The molecule has 2 atom stereocenters. The molecule has 0 aliphatic rings. The summed E-state index contributed by atoms with van der Waals surface area (Å²) in [5, 5.41) is 3.10. The Kier molecular flexibility index (Phi) is 7.07. The summed E-state index contributed by atoms with van der Waals surface area (Å²) in [5.74, 6) is -2.01. The average Bonchev–Trinajstić information content (AvgIpc) is 2.65. The number of benzene rings is 2. The summed E-state index contributed by atoms with van der Waals surface area (Å²) in [6.45, 7) is 2.61. The van der Waals surface area contributed by atoms with Crippen LogP contribution in [0.1, 0.15) is 20.3 Å². The Labute approximate surface area is 167 Å². The van der Waals surface area contributed by atoms with Crippen LogP contribution in [0.25, 0.3) is 10.8 Å². The minimum atomic E-state index is -4.54. The number of carbonyl (C=O) groups excluding carboxylic acids is 3. The van der Waals surface area contributed by atoms with E-state index in [4.69, 9.17) is 9.47 Å². The van der Waals surface area contributed by atoms with Gasteiger partial charge in [-0.25, -0.2) is 4.79 Å². The Bertz CT molecular complexity index is 1040. The van der Waals surface area contributed by atoms with Crippen molar-refractivity contribution in [2.45, 2.75) is 37.4 Å². The highest BCUT2D eigenvalue weighted by atomic mass is 32.2. The molecule has 0 radical (unpaired) electrons. The van der Waals surface area contributed by atoms with E-state index in [0.29, 0.717) is 5.39 Å². The fraction of sp³-hybridized carbons (Fsp3) is 0.316. The third-order valence-electron chi connectivity index (χ3n) is 4.19. The van der Waals surface area contributed by atoms with E-state index >= 15 is 0 Å². The molecule has 2 aromatic carbocycles. The number of methoxy groups -OCH3 is 1. The van der Waals surface area contributed by atoms with Crippen LogP contribution in [0.15, 0.2) is 41.3 Å². The Morgan fingerprint density at radius 1 is 1.14 bits per heavy atom. The zero-order chi connectivity index (χ0) is 21.8. The van der Waals surface area contributed by atoms with Crippen LogP contribution in [0.3, 0.4) is 0 Å². The SMILES string of the molecule is COC(C)C(=O)OC(CC(=O)Nc1cccc2cccc(S(=O)(=O)O)c12)C(C)=O. The number of esters is 1. The smallest absolute Gasteiger partial charge is 0.335 e. The molecule has 0 bridgehead atoms. The van der Waals surface area contributed by atoms with E-state index in [1.807, 2.05) is 0 Å². The first-order chi connectivity index (χ1) is 13.5. The van der Waals surface area contributed by atoms with E-state index in [2.05, 4.69) is 5.32 Å². The van der Waals surface area contributed by atoms with Gasteiger partial charge >= 0.3 is 5.97 Å². The summed E-state index contributed by atoms with van der Waals surface area (Å²) in [4.78, 5) is 35.7. The lowest BCUT2D eigenvalue weighted by molar-refractivity contribution is -0.164. The molecule has 0 saturated heterocycles. The van der Waals surface area contributed by atoms with Gasteiger partial charge in [-0.15, -0.1) is 0 Å². The van der Waals surface area contributed by atoms with Gasteiger partial charge in [0.15, 0.2) is 18.0 Å². The normalized spacial score (nSPS) is 13.5. The molecule has 2 N–H and O–H groups in total. The van der Waals surface area contributed by atoms with Crippen molar-refractivity contribution in [3.05, 3.63) is 36.4 Å². The number of amides is 1. The number of anilines is 1. The van der Waals surface area contributed by atoms with Gasteiger partial charge in [-0.1, -0.05) is 24.3 Å². The van der Waals surface area contributed by atoms with Crippen molar-refractivity contribution in [2.75, 3.05) is 12.4 Å². The van der Waals surface area contributed by atoms with Gasteiger partial charge < -0.3 is 14.8 Å². The van der Waals surface area contributed by atoms with E-state index in [0.717, 1.165) is 0 Å². The lowest BCUT2D eigenvalue weighted by Gasteiger charge is -2.18. The van der Waals surface area contributed by atoms with E-state index in [-0.39, 0.29) is 16.0 Å². The van der Waals surface area contributed by atoms with Crippen molar-refractivity contribution in [1.82, 2.24) is 0 Å². The largest absolute Gasteiger partial charge is 0.452 e. The van der Waals surface area contributed by atoms with Gasteiger partial charge in [-0.2, -0.15) is 8.42 Å². The number of hydrogen-bond acceptors (Lipinski definition) is 7. The van der Waals surface area contributed by atoms with Crippen LogP contribution in [-0.4, -0.2) is 49.9 Å². The highest BCUT2D eigenvalue weighted by Gasteiger charge is 2.26. The molecule has 0 aliphatic carbocycles. The molecule has 156 valence electrons. The summed E-state index contributed by atoms with van der Waals surface area (Å²) in [7, 11) is -3.24. The third-order valence-corrected chi connectivity index (χ3v) is 5.08. The molecular weight excluding hydrogens is 402 g/mol. The van der Waals surface area contributed by atoms with Crippen LogP contribution in [0.2, 0.25) is 0 Å². The maximum Gasteiger partial charge on any atom is 0.335 e. The van der Waals surface area contributed by atoms with Crippen LogP contribution in [-0.2, 0) is 34.0 Å². The van der Waals surface area contributed by atoms with Gasteiger partial charge in [0.05, 0.1) is 6.42 Å². The maximum absolute atomic E-state index is 12.5. The van der Waals surface area contributed by atoms with Gasteiger partial charge in [0.25, 0.3) is 10.1 Å². The predicted molar refractivity (Wildman–Crippen MR) is 104 cm³/mol. The minimum absolute atomic E-state index is 0.121. The van der Waals surface area contributed by atoms with Gasteiger partial charge in [0.1, 0.15) is 4.90 Å². The first-order valence-corrected chi connectivity index (χ1v) is 10.0. The summed E-state index contributed by atoms with van der Waals surface area (Å²) < 4.78 is 42.7. The number of carbonyl (C=O) groups is 3. The van der Waals surface area contributed by atoms with E-state index in [9.17, 15) is 27.4 Å². The number of nitrogens with one attached hydrogen (secondary N) is 1. The Morgan fingerprint density at radius 2 is 1.76 bits per heavy atom. The fourth-order valence-electron chi connectivity index (χ4n) is 2.60. The number of fused-ring (bicyclic) bond motifs is 1. The standard InChI is InChI=1S/C19H21NO8S/c1-11(21)15(28-19(23)12(2)27-3)10-17(22)20-14-8-4-6-13-7-5-9-16(18(13)14)29(24,25)26/h4-9,12,15H,10H2,1-3H3,(H,20,22)(H,24,25,26). The van der Waals surface area contributed by atoms with Crippen molar-refractivity contribution in [1.29, 1.82) is 0 Å². The van der Waals surface area contributed by atoms with Gasteiger partial charge in [-0.05, 0) is 31.4 Å². The highest BCUT2D eigenvalue weighted by Crippen LogP contribution is 2.30. The summed E-state index contributed by atoms with van der Waals surface area (Å²) in [5.41, 5.74) is 0.125. The third kappa shape index (κ3) is 5.59. The van der Waals surface area contributed by atoms with Crippen molar-refractivity contribution >= 4 is 44.2 Å². The van der Waals surface area contributed by atoms with Crippen LogP contribution in [0.4, 0.5) is 5.69 Å². The number of ether oxygens (including phenoxy) is 2. The first kappa shape index (κ1) is 22.5. The van der Waals surface area contributed by atoms with Crippen LogP contribution in [0, 0.1) is 0 Å². The maximum atomic E-state index is 12.5. The molecule has 10 heteroatoms. The Balaban J connectivity index is 2.29. The van der Waals surface area contributed by atoms with Gasteiger partial charge in [-0.3, -0.25) is 14.1 Å². The van der Waals surface area contributed by atoms with E-state index < -0.39 is 46.4 Å². The average molecular weight is 423 g/mol. The zero-order valence-electron chi connectivity index (χ0n) is 16.0. The molecule has 2 unspecified atom stereocenters. The quantitative estimate of drug-likeness (QED) is 0.486. The van der Waals surface area contributed by atoms with Gasteiger partial charge in [0, 0.05) is 18.2 Å². The van der Waals surface area contributed by atoms with Crippen LogP contribution < -0.4 is 5.32 Å². The zero-order valence-corrected chi connectivity index (χ0v) is 16.9.